The number of para-hydroxylation sites is 2. The Morgan fingerprint density at radius 2 is 1.58 bits per heavy atom. The van der Waals surface area contributed by atoms with Crippen molar-refractivity contribution in [2.24, 2.45) is 0 Å². The zero-order valence-corrected chi connectivity index (χ0v) is 13.0. The van der Waals surface area contributed by atoms with Crippen molar-refractivity contribution in [2.75, 3.05) is 0 Å². The maximum Gasteiger partial charge on any atom is 0.142 e. The summed E-state index contributed by atoms with van der Waals surface area (Å²) in [6, 6.07) is 23.4. The Balaban J connectivity index is 1.82. The fourth-order valence-corrected chi connectivity index (χ4v) is 2.78. The molecule has 0 atom stereocenters. The van der Waals surface area contributed by atoms with Crippen LogP contribution in [-0.4, -0.2) is 15.1 Å². The Kier molecular flexibility index (Phi) is 3.60. The number of nitrogens with zero attached hydrogens (tertiary/aromatic N) is 1. The first-order valence-electron chi connectivity index (χ1n) is 7.81. The molecule has 0 aliphatic rings. The number of phenolic OH excluding ortho intramolecular Hbond substituents is 1. The van der Waals surface area contributed by atoms with E-state index in [9.17, 15) is 5.11 Å². The van der Waals surface area contributed by atoms with E-state index in [2.05, 4.69) is 9.97 Å². The van der Waals surface area contributed by atoms with Crippen LogP contribution in [0.1, 0.15) is 11.1 Å². The topological polar surface area (TPSA) is 48.9 Å². The summed E-state index contributed by atoms with van der Waals surface area (Å²) in [5.74, 6) is 0.881. The van der Waals surface area contributed by atoms with Crippen molar-refractivity contribution >= 4 is 23.2 Å². The fraction of sp³-hybridized carbons (Fsp3) is 0. The summed E-state index contributed by atoms with van der Waals surface area (Å²) in [5, 5.41) is 10.4. The molecule has 0 aliphatic heterocycles. The highest BCUT2D eigenvalue weighted by atomic mass is 16.3. The maximum absolute atomic E-state index is 10.4. The van der Waals surface area contributed by atoms with E-state index in [1.54, 1.807) is 6.07 Å². The Morgan fingerprint density at radius 1 is 0.792 bits per heavy atom. The summed E-state index contributed by atoms with van der Waals surface area (Å²) >= 11 is 0. The van der Waals surface area contributed by atoms with Crippen LogP contribution in [-0.2, 0) is 0 Å². The van der Waals surface area contributed by atoms with Gasteiger partial charge in [-0.05, 0) is 29.3 Å². The van der Waals surface area contributed by atoms with E-state index in [4.69, 9.17) is 0 Å². The molecule has 0 spiro atoms. The molecule has 0 amide bonds. The molecule has 2 N–H and O–H groups in total. The minimum absolute atomic E-state index is 0.212. The van der Waals surface area contributed by atoms with Gasteiger partial charge in [0.2, 0.25) is 0 Å². The molecular weight excluding hydrogens is 296 g/mol. The molecule has 4 rings (SSSR count). The van der Waals surface area contributed by atoms with Crippen LogP contribution in [0.4, 0.5) is 0 Å². The molecule has 1 heterocycles. The van der Waals surface area contributed by atoms with E-state index in [1.807, 2.05) is 78.9 Å². The minimum Gasteiger partial charge on any atom is -0.507 e. The monoisotopic (exact) mass is 312 g/mol. The molecule has 4 aromatic rings. The summed E-state index contributed by atoms with van der Waals surface area (Å²) in [6.07, 6.45) is 4.03. The summed E-state index contributed by atoms with van der Waals surface area (Å²) < 4.78 is 0. The summed E-state index contributed by atoms with van der Waals surface area (Å²) in [7, 11) is 0. The smallest absolute Gasteiger partial charge is 0.142 e. The van der Waals surface area contributed by atoms with Crippen LogP contribution in [0, 0.1) is 0 Å². The van der Waals surface area contributed by atoms with Crippen molar-refractivity contribution < 1.29 is 5.11 Å². The van der Waals surface area contributed by atoms with Gasteiger partial charge in [-0.3, -0.25) is 0 Å². The third-order valence-corrected chi connectivity index (χ3v) is 3.96. The van der Waals surface area contributed by atoms with E-state index in [0.29, 0.717) is 11.4 Å². The van der Waals surface area contributed by atoms with Gasteiger partial charge in [-0.1, -0.05) is 66.7 Å². The number of hydrogen-bond donors (Lipinski definition) is 2. The highest BCUT2D eigenvalue weighted by Gasteiger charge is 2.12. The van der Waals surface area contributed by atoms with Crippen molar-refractivity contribution in [3.05, 3.63) is 83.9 Å². The number of rotatable bonds is 3. The van der Waals surface area contributed by atoms with Crippen molar-refractivity contribution in [3.8, 4) is 17.1 Å². The van der Waals surface area contributed by atoms with E-state index in [0.717, 1.165) is 22.2 Å². The third-order valence-electron chi connectivity index (χ3n) is 3.96. The highest BCUT2D eigenvalue weighted by molar-refractivity contribution is 5.86. The second-order valence-electron chi connectivity index (χ2n) is 5.59. The van der Waals surface area contributed by atoms with Gasteiger partial charge in [0.1, 0.15) is 11.6 Å². The fourth-order valence-electron chi connectivity index (χ4n) is 2.78. The van der Waals surface area contributed by atoms with Gasteiger partial charge in [-0.15, -0.1) is 0 Å². The molecule has 24 heavy (non-hydrogen) atoms. The average molecular weight is 312 g/mol. The summed E-state index contributed by atoms with van der Waals surface area (Å²) in [6.45, 7) is 0. The van der Waals surface area contributed by atoms with Crippen LogP contribution in [0.25, 0.3) is 34.6 Å². The SMILES string of the molecule is Oc1cccc(C=Cc2ccccc2)c1-c1nc2ccccc2[nH]1. The van der Waals surface area contributed by atoms with Gasteiger partial charge in [0, 0.05) is 0 Å². The largest absolute Gasteiger partial charge is 0.507 e. The number of imidazole rings is 1. The van der Waals surface area contributed by atoms with Crippen molar-refractivity contribution in [2.45, 2.75) is 0 Å². The van der Waals surface area contributed by atoms with E-state index in [-0.39, 0.29) is 5.75 Å². The molecule has 0 aliphatic carbocycles. The van der Waals surface area contributed by atoms with Crippen LogP contribution in [0.2, 0.25) is 0 Å². The minimum atomic E-state index is 0.212. The van der Waals surface area contributed by atoms with Gasteiger partial charge < -0.3 is 10.1 Å². The molecule has 0 saturated heterocycles. The first-order chi connectivity index (χ1) is 11.8. The predicted octanol–water partition coefficient (Wildman–Crippen LogP) is 5.11. The number of aromatic amines is 1. The Hall–Kier alpha value is -3.33. The van der Waals surface area contributed by atoms with Gasteiger partial charge in [-0.25, -0.2) is 4.98 Å². The van der Waals surface area contributed by atoms with Crippen LogP contribution in [0.15, 0.2) is 72.8 Å². The average Bonchev–Trinajstić information content (AvgIpc) is 3.04. The molecular formula is C21H16N2O. The summed E-state index contributed by atoms with van der Waals surface area (Å²) in [4.78, 5) is 7.90. The molecule has 0 unspecified atom stereocenters. The lowest BCUT2D eigenvalue weighted by Gasteiger charge is -2.06. The number of phenols is 1. The first-order valence-corrected chi connectivity index (χ1v) is 7.81. The van der Waals surface area contributed by atoms with Gasteiger partial charge >= 0.3 is 0 Å². The molecule has 3 aromatic carbocycles. The molecule has 0 radical (unpaired) electrons. The molecule has 116 valence electrons. The van der Waals surface area contributed by atoms with Crippen LogP contribution in [0.3, 0.4) is 0 Å². The second kappa shape index (κ2) is 6.05. The molecule has 0 fully saturated rings. The lowest BCUT2D eigenvalue weighted by Crippen LogP contribution is -1.86. The Labute approximate surface area is 139 Å². The Morgan fingerprint density at radius 3 is 2.42 bits per heavy atom. The maximum atomic E-state index is 10.4. The third kappa shape index (κ3) is 2.68. The van der Waals surface area contributed by atoms with E-state index < -0.39 is 0 Å². The standard InChI is InChI=1S/C21H16N2O/c24-19-12-6-9-16(14-13-15-7-2-1-3-8-15)20(19)21-22-17-10-4-5-11-18(17)23-21/h1-14,24H,(H,22,23). The quantitative estimate of drug-likeness (QED) is 0.517. The van der Waals surface area contributed by atoms with E-state index in [1.165, 1.54) is 0 Å². The van der Waals surface area contributed by atoms with Gasteiger partial charge in [0.05, 0.1) is 16.6 Å². The molecule has 1 aromatic heterocycles. The number of benzene rings is 3. The first kappa shape index (κ1) is 14.3. The van der Waals surface area contributed by atoms with Gasteiger partial charge in [0.25, 0.3) is 0 Å². The van der Waals surface area contributed by atoms with Crippen molar-refractivity contribution in [1.82, 2.24) is 9.97 Å². The van der Waals surface area contributed by atoms with Gasteiger partial charge in [0.15, 0.2) is 0 Å². The second-order valence-corrected chi connectivity index (χ2v) is 5.59. The normalized spacial score (nSPS) is 11.3. The predicted molar refractivity (Wildman–Crippen MR) is 98.6 cm³/mol. The molecule has 3 nitrogen and oxygen atoms in total. The highest BCUT2D eigenvalue weighted by Crippen LogP contribution is 2.33. The lowest BCUT2D eigenvalue weighted by molar-refractivity contribution is 0.477. The number of hydrogen-bond acceptors (Lipinski definition) is 2. The van der Waals surface area contributed by atoms with Crippen molar-refractivity contribution in [1.29, 1.82) is 0 Å². The molecule has 3 heteroatoms. The number of fused-ring (bicyclic) bond motifs is 1. The number of nitrogens with one attached hydrogen (secondary N) is 1. The number of H-pyrrole nitrogens is 1. The van der Waals surface area contributed by atoms with Gasteiger partial charge in [-0.2, -0.15) is 0 Å². The van der Waals surface area contributed by atoms with Crippen LogP contribution >= 0.6 is 0 Å². The Bertz CT molecular complexity index is 983. The van der Waals surface area contributed by atoms with Crippen molar-refractivity contribution in [3.63, 3.8) is 0 Å². The zero-order valence-electron chi connectivity index (χ0n) is 13.0. The molecule has 0 saturated carbocycles. The molecule has 0 bridgehead atoms. The number of aromatic nitrogens is 2. The van der Waals surface area contributed by atoms with Crippen LogP contribution in [0.5, 0.6) is 5.75 Å². The van der Waals surface area contributed by atoms with Crippen LogP contribution < -0.4 is 0 Å². The lowest BCUT2D eigenvalue weighted by atomic mass is 10.0. The van der Waals surface area contributed by atoms with E-state index >= 15 is 0 Å². The zero-order chi connectivity index (χ0) is 16.4. The summed E-state index contributed by atoms with van der Waals surface area (Å²) in [5.41, 5.74) is 4.57. The number of aromatic hydroxyl groups is 1.